The van der Waals surface area contributed by atoms with Crippen LogP contribution in [0.2, 0.25) is 0 Å². The van der Waals surface area contributed by atoms with Gasteiger partial charge in [-0.15, -0.1) is 0 Å². The number of carboxylic acid groups (broad SMARTS) is 1. The number of carbonyl (C=O) groups is 3. The summed E-state index contributed by atoms with van der Waals surface area (Å²) in [5.74, 6) is -4.50. The zero-order valence-electron chi connectivity index (χ0n) is 18.9. The zero-order valence-corrected chi connectivity index (χ0v) is 18.9. The molecule has 2 aromatic rings. The molecule has 3 rings (SSSR count). The maximum atomic E-state index is 12.7. The summed E-state index contributed by atoms with van der Waals surface area (Å²) in [7, 11) is 3.72. The van der Waals surface area contributed by atoms with Gasteiger partial charge in [-0.3, -0.25) is 0 Å². The number of aromatic hydroxyl groups is 2. The fourth-order valence-corrected chi connectivity index (χ4v) is 3.57. The van der Waals surface area contributed by atoms with Crippen molar-refractivity contribution in [3.8, 4) is 28.7 Å². The molecule has 0 saturated carbocycles. The van der Waals surface area contributed by atoms with Gasteiger partial charge in [0.05, 0.1) is 25.3 Å². The van der Waals surface area contributed by atoms with Crippen molar-refractivity contribution in [2.45, 2.75) is 20.1 Å². The highest BCUT2D eigenvalue weighted by Gasteiger charge is 2.41. The molecule has 2 aromatic carbocycles. The Morgan fingerprint density at radius 3 is 2.32 bits per heavy atom. The van der Waals surface area contributed by atoms with E-state index in [0.717, 1.165) is 19.3 Å². The molecule has 0 spiro atoms. The number of ether oxygens (including phenoxy) is 5. The lowest BCUT2D eigenvalue weighted by molar-refractivity contribution is -0.131. The van der Waals surface area contributed by atoms with Crippen molar-refractivity contribution >= 4 is 24.0 Å². The SMILES string of the molecule is COC(=O)c1c(C)cc(OC)c(/C=C/C(=O)O)c1Oc1c(O)c(C)c(O)c2c1[C@@H](OC)OC2=O. The zero-order chi connectivity index (χ0) is 25.3. The molecule has 11 heteroatoms. The highest BCUT2D eigenvalue weighted by Crippen LogP contribution is 2.52. The van der Waals surface area contributed by atoms with Crippen LogP contribution in [0, 0.1) is 13.8 Å². The van der Waals surface area contributed by atoms with Crippen LogP contribution < -0.4 is 9.47 Å². The first-order valence-electron chi connectivity index (χ1n) is 9.78. The minimum absolute atomic E-state index is 0.0361. The predicted molar refractivity (Wildman–Crippen MR) is 115 cm³/mol. The van der Waals surface area contributed by atoms with Crippen molar-refractivity contribution in [1.29, 1.82) is 0 Å². The van der Waals surface area contributed by atoms with Crippen molar-refractivity contribution in [3.05, 3.63) is 45.5 Å². The summed E-state index contributed by atoms with van der Waals surface area (Å²) in [6.45, 7) is 2.91. The number of aliphatic carboxylic acids is 1. The van der Waals surface area contributed by atoms with Gasteiger partial charge in [0.15, 0.2) is 17.2 Å². The summed E-state index contributed by atoms with van der Waals surface area (Å²) in [6, 6.07) is 1.48. The number of phenolic OH excluding ortho intramolecular Hbond substituents is 2. The molecule has 11 nitrogen and oxygen atoms in total. The van der Waals surface area contributed by atoms with Crippen molar-refractivity contribution in [3.63, 3.8) is 0 Å². The van der Waals surface area contributed by atoms with E-state index in [4.69, 9.17) is 28.8 Å². The van der Waals surface area contributed by atoms with Gasteiger partial charge in [0.2, 0.25) is 6.29 Å². The minimum Gasteiger partial charge on any atom is -0.507 e. The smallest absolute Gasteiger partial charge is 0.345 e. The summed E-state index contributed by atoms with van der Waals surface area (Å²) in [6.07, 6.45) is 0.613. The van der Waals surface area contributed by atoms with Crippen LogP contribution >= 0.6 is 0 Å². The molecule has 0 radical (unpaired) electrons. The van der Waals surface area contributed by atoms with Crippen molar-refractivity contribution in [2.75, 3.05) is 21.3 Å². The molecule has 180 valence electrons. The third kappa shape index (κ3) is 3.97. The largest absolute Gasteiger partial charge is 0.507 e. The predicted octanol–water partition coefficient (Wildman–Crippen LogP) is 3.22. The Morgan fingerprint density at radius 2 is 1.76 bits per heavy atom. The second-order valence-electron chi connectivity index (χ2n) is 7.19. The maximum absolute atomic E-state index is 12.7. The number of esters is 2. The monoisotopic (exact) mass is 474 g/mol. The van der Waals surface area contributed by atoms with Crippen LogP contribution in [0.15, 0.2) is 12.1 Å². The molecule has 1 aliphatic rings. The van der Waals surface area contributed by atoms with E-state index in [0.29, 0.717) is 5.56 Å². The lowest BCUT2D eigenvalue weighted by atomic mass is 9.99. The first-order chi connectivity index (χ1) is 16.1. The Labute approximate surface area is 193 Å². The molecule has 0 aliphatic carbocycles. The summed E-state index contributed by atoms with van der Waals surface area (Å²) in [4.78, 5) is 36.2. The van der Waals surface area contributed by atoms with Crippen LogP contribution in [0.25, 0.3) is 6.08 Å². The first kappa shape index (κ1) is 24.4. The fourth-order valence-electron chi connectivity index (χ4n) is 3.57. The topological polar surface area (TPSA) is 158 Å². The van der Waals surface area contributed by atoms with Gasteiger partial charge in [-0.05, 0) is 31.6 Å². The van der Waals surface area contributed by atoms with E-state index in [9.17, 15) is 24.6 Å². The Morgan fingerprint density at radius 1 is 1.09 bits per heavy atom. The third-order valence-corrected chi connectivity index (χ3v) is 5.23. The molecule has 0 aromatic heterocycles. The molecular formula is C23H22O11. The number of cyclic esters (lactones) is 1. The number of rotatable bonds is 7. The van der Waals surface area contributed by atoms with E-state index in [1.165, 1.54) is 27.2 Å². The average molecular weight is 474 g/mol. The quantitative estimate of drug-likeness (QED) is 0.399. The molecule has 3 N–H and O–H groups in total. The van der Waals surface area contributed by atoms with Gasteiger partial charge in [0, 0.05) is 18.7 Å². The van der Waals surface area contributed by atoms with Crippen LogP contribution in [0.4, 0.5) is 0 Å². The van der Waals surface area contributed by atoms with Crippen molar-refractivity contribution < 1.29 is 53.4 Å². The molecule has 0 saturated heterocycles. The second-order valence-corrected chi connectivity index (χ2v) is 7.19. The molecule has 0 bridgehead atoms. The number of phenols is 2. The summed E-state index contributed by atoms with van der Waals surface area (Å²) in [5, 5.41) is 30.4. The van der Waals surface area contributed by atoms with Gasteiger partial charge in [0.1, 0.15) is 22.6 Å². The number of carbonyl (C=O) groups excluding carboxylic acids is 2. The molecule has 0 amide bonds. The Kier molecular flexibility index (Phi) is 6.68. The Balaban J connectivity index is 2.41. The lowest BCUT2D eigenvalue weighted by Crippen LogP contribution is -2.10. The van der Waals surface area contributed by atoms with Gasteiger partial charge in [-0.1, -0.05) is 0 Å². The fraction of sp³-hybridized carbons (Fsp3) is 0.261. The number of benzene rings is 2. The minimum atomic E-state index is -1.33. The third-order valence-electron chi connectivity index (χ3n) is 5.23. The molecule has 1 atom stereocenters. The van der Waals surface area contributed by atoms with Crippen LogP contribution in [0.5, 0.6) is 28.7 Å². The lowest BCUT2D eigenvalue weighted by Gasteiger charge is -2.21. The normalized spacial score (nSPS) is 14.6. The standard InChI is InChI=1S/C23H22O11/c1-9-8-12(30-3)11(6-7-13(24)25)19(14(9)21(28)31-4)33-20-16-15(17(26)10(2)18(20)27)22(29)34-23(16)32-5/h6-8,23,26-27H,1-5H3,(H,24,25)/b7-6+/t23-/m0/s1. The number of methoxy groups -OCH3 is 3. The van der Waals surface area contributed by atoms with Gasteiger partial charge in [-0.25, -0.2) is 14.4 Å². The van der Waals surface area contributed by atoms with Gasteiger partial charge >= 0.3 is 17.9 Å². The van der Waals surface area contributed by atoms with Crippen molar-refractivity contribution in [1.82, 2.24) is 0 Å². The van der Waals surface area contributed by atoms with E-state index in [1.54, 1.807) is 6.92 Å². The van der Waals surface area contributed by atoms with Gasteiger partial charge < -0.3 is 39.0 Å². The number of hydrogen-bond donors (Lipinski definition) is 3. The molecule has 0 unspecified atom stereocenters. The van der Waals surface area contributed by atoms with Crippen LogP contribution in [0.1, 0.15) is 49.3 Å². The summed E-state index contributed by atoms with van der Waals surface area (Å²) in [5.41, 5.74) is -0.185. The van der Waals surface area contributed by atoms with E-state index >= 15 is 0 Å². The number of carboxylic acids is 1. The van der Waals surface area contributed by atoms with Crippen LogP contribution in [-0.2, 0) is 19.0 Å². The number of aryl methyl sites for hydroxylation is 1. The van der Waals surface area contributed by atoms with E-state index in [-0.39, 0.29) is 45.1 Å². The number of fused-ring (bicyclic) bond motifs is 1. The van der Waals surface area contributed by atoms with E-state index in [1.807, 2.05) is 0 Å². The highest BCUT2D eigenvalue weighted by molar-refractivity contribution is 6.00. The van der Waals surface area contributed by atoms with E-state index in [2.05, 4.69) is 0 Å². The van der Waals surface area contributed by atoms with Gasteiger partial charge in [0.25, 0.3) is 0 Å². The van der Waals surface area contributed by atoms with Gasteiger partial charge in [-0.2, -0.15) is 0 Å². The highest BCUT2D eigenvalue weighted by atomic mass is 16.7. The second kappa shape index (κ2) is 9.32. The van der Waals surface area contributed by atoms with Crippen molar-refractivity contribution in [2.24, 2.45) is 0 Å². The molecular weight excluding hydrogens is 452 g/mol. The van der Waals surface area contributed by atoms with Crippen LogP contribution in [0.3, 0.4) is 0 Å². The summed E-state index contributed by atoms with van der Waals surface area (Å²) >= 11 is 0. The molecule has 0 fully saturated rings. The molecule has 1 aliphatic heterocycles. The first-order valence-corrected chi connectivity index (χ1v) is 9.78. The van der Waals surface area contributed by atoms with Crippen LogP contribution in [-0.4, -0.2) is 54.6 Å². The summed E-state index contributed by atoms with van der Waals surface area (Å²) < 4.78 is 26.5. The number of hydrogen-bond acceptors (Lipinski definition) is 10. The molecule has 34 heavy (non-hydrogen) atoms. The Hall–Kier alpha value is -4.25. The Bertz CT molecular complexity index is 1230. The average Bonchev–Trinajstić information content (AvgIpc) is 3.14. The van der Waals surface area contributed by atoms with E-state index < -0.39 is 35.7 Å². The maximum Gasteiger partial charge on any atom is 0.345 e. The molecule has 1 heterocycles.